The summed E-state index contributed by atoms with van der Waals surface area (Å²) in [5.41, 5.74) is 1.38. The highest BCUT2D eigenvalue weighted by molar-refractivity contribution is 7.19. The first-order valence-electron chi connectivity index (χ1n) is 5.12. The van der Waals surface area contributed by atoms with Crippen molar-refractivity contribution >= 4 is 33.9 Å². The summed E-state index contributed by atoms with van der Waals surface area (Å²) in [6.45, 7) is 0. The molecule has 0 atom stereocenters. The van der Waals surface area contributed by atoms with E-state index in [9.17, 15) is 9.90 Å². The molecule has 3 rings (SSSR count). The Balaban J connectivity index is 2.35. The molecule has 3 aromatic rings. The van der Waals surface area contributed by atoms with Crippen molar-refractivity contribution in [3.8, 4) is 11.3 Å². The Labute approximate surface area is 111 Å². The van der Waals surface area contributed by atoms with Crippen LogP contribution in [0.25, 0.3) is 16.2 Å². The lowest BCUT2D eigenvalue weighted by Crippen LogP contribution is -1.97. The quantitative estimate of drug-likeness (QED) is 0.781. The highest BCUT2D eigenvalue weighted by Crippen LogP contribution is 2.32. The second-order valence-electron chi connectivity index (χ2n) is 3.68. The summed E-state index contributed by atoms with van der Waals surface area (Å²) in [5, 5.41) is 9.82. The molecule has 1 N–H and O–H groups in total. The van der Waals surface area contributed by atoms with Crippen molar-refractivity contribution in [1.29, 1.82) is 0 Å². The number of carbonyl (C=O) groups is 1. The monoisotopic (exact) mass is 278 g/mol. The molecule has 0 saturated carbocycles. The Morgan fingerprint density at radius 2 is 2.28 bits per heavy atom. The number of carboxylic acid groups (broad SMARTS) is 1. The summed E-state index contributed by atoms with van der Waals surface area (Å²) < 4.78 is 1.76. The number of nitrogens with zero attached hydrogens (tertiary/aromatic N) is 2. The van der Waals surface area contributed by atoms with Gasteiger partial charge in [-0.25, -0.2) is 9.78 Å². The second-order valence-corrected chi connectivity index (χ2v) is 5.09. The summed E-state index contributed by atoms with van der Waals surface area (Å²) in [6, 6.07) is 7.13. The van der Waals surface area contributed by atoms with Crippen molar-refractivity contribution in [3.63, 3.8) is 0 Å². The third-order valence-electron chi connectivity index (χ3n) is 2.55. The molecule has 0 saturated heterocycles. The summed E-state index contributed by atoms with van der Waals surface area (Å²) in [5.74, 6) is -0.958. The Kier molecular flexibility index (Phi) is 2.57. The van der Waals surface area contributed by atoms with E-state index in [4.69, 9.17) is 11.6 Å². The zero-order chi connectivity index (χ0) is 12.7. The minimum absolute atomic E-state index is 0.264. The number of hydrogen-bond donors (Lipinski definition) is 1. The van der Waals surface area contributed by atoms with Crippen LogP contribution in [-0.2, 0) is 0 Å². The third kappa shape index (κ3) is 1.68. The third-order valence-corrected chi connectivity index (χ3v) is 3.84. The maximum atomic E-state index is 11.3. The number of benzene rings is 1. The van der Waals surface area contributed by atoms with E-state index >= 15 is 0 Å². The SMILES string of the molecule is O=C(O)c1sc2nccn2c1-c1cccc(Cl)c1. The highest BCUT2D eigenvalue weighted by atomic mass is 35.5. The van der Waals surface area contributed by atoms with E-state index in [1.165, 1.54) is 0 Å². The molecular weight excluding hydrogens is 272 g/mol. The predicted octanol–water partition coefficient (Wildman–Crippen LogP) is 3.41. The maximum Gasteiger partial charge on any atom is 0.348 e. The molecule has 0 radical (unpaired) electrons. The molecule has 0 aliphatic heterocycles. The van der Waals surface area contributed by atoms with Crippen molar-refractivity contribution in [2.75, 3.05) is 0 Å². The lowest BCUT2D eigenvalue weighted by atomic mass is 10.1. The van der Waals surface area contributed by atoms with Crippen LogP contribution in [0.3, 0.4) is 0 Å². The molecule has 0 amide bonds. The van der Waals surface area contributed by atoms with Gasteiger partial charge in [-0.15, -0.1) is 0 Å². The molecule has 6 heteroatoms. The van der Waals surface area contributed by atoms with Crippen LogP contribution >= 0.6 is 22.9 Å². The fourth-order valence-corrected chi connectivity index (χ4v) is 2.97. The molecule has 4 nitrogen and oxygen atoms in total. The molecule has 0 aliphatic carbocycles. The van der Waals surface area contributed by atoms with Gasteiger partial charge in [0.15, 0.2) is 4.96 Å². The zero-order valence-corrected chi connectivity index (χ0v) is 10.6. The Morgan fingerprint density at radius 1 is 1.44 bits per heavy atom. The van der Waals surface area contributed by atoms with Crippen LogP contribution in [0.15, 0.2) is 36.7 Å². The van der Waals surface area contributed by atoms with Gasteiger partial charge in [0.05, 0.1) is 5.69 Å². The summed E-state index contributed by atoms with van der Waals surface area (Å²) in [4.78, 5) is 16.3. The van der Waals surface area contributed by atoms with Gasteiger partial charge in [-0.05, 0) is 12.1 Å². The number of aromatic nitrogens is 2. The second kappa shape index (κ2) is 4.12. The van der Waals surface area contributed by atoms with Gasteiger partial charge in [-0.2, -0.15) is 0 Å². The van der Waals surface area contributed by atoms with E-state index in [-0.39, 0.29) is 4.88 Å². The molecule has 0 bridgehead atoms. The summed E-state index contributed by atoms with van der Waals surface area (Å²) in [7, 11) is 0. The molecule has 0 spiro atoms. The van der Waals surface area contributed by atoms with E-state index in [0.29, 0.717) is 15.7 Å². The number of imidazole rings is 1. The van der Waals surface area contributed by atoms with Crippen molar-refractivity contribution < 1.29 is 9.90 Å². The van der Waals surface area contributed by atoms with Crippen molar-refractivity contribution in [2.24, 2.45) is 0 Å². The van der Waals surface area contributed by atoms with Gasteiger partial charge in [0, 0.05) is 23.0 Å². The van der Waals surface area contributed by atoms with Crippen molar-refractivity contribution in [2.45, 2.75) is 0 Å². The van der Waals surface area contributed by atoms with Gasteiger partial charge in [0.25, 0.3) is 0 Å². The van der Waals surface area contributed by atoms with Crippen LogP contribution in [0.1, 0.15) is 9.67 Å². The zero-order valence-electron chi connectivity index (χ0n) is 9.00. The average Bonchev–Trinajstić information content (AvgIpc) is 2.87. The van der Waals surface area contributed by atoms with Crippen LogP contribution < -0.4 is 0 Å². The molecule has 1 aromatic carbocycles. The number of hydrogen-bond acceptors (Lipinski definition) is 3. The largest absolute Gasteiger partial charge is 0.477 e. The molecule has 0 aliphatic rings. The van der Waals surface area contributed by atoms with Gasteiger partial charge >= 0.3 is 5.97 Å². The van der Waals surface area contributed by atoms with E-state index in [1.54, 1.807) is 35.0 Å². The Hall–Kier alpha value is -1.85. The minimum Gasteiger partial charge on any atom is -0.477 e. The van der Waals surface area contributed by atoms with E-state index in [0.717, 1.165) is 16.9 Å². The van der Waals surface area contributed by atoms with Crippen molar-refractivity contribution in [3.05, 3.63) is 46.6 Å². The van der Waals surface area contributed by atoms with Crippen LogP contribution in [0, 0.1) is 0 Å². The first-order valence-corrected chi connectivity index (χ1v) is 6.31. The van der Waals surface area contributed by atoms with Gasteiger partial charge in [0.2, 0.25) is 0 Å². The van der Waals surface area contributed by atoms with E-state index in [2.05, 4.69) is 4.98 Å². The Morgan fingerprint density at radius 3 is 3.00 bits per heavy atom. The van der Waals surface area contributed by atoms with Crippen LogP contribution in [0.5, 0.6) is 0 Å². The molecule has 2 aromatic heterocycles. The van der Waals surface area contributed by atoms with Crippen LogP contribution in [0.4, 0.5) is 0 Å². The van der Waals surface area contributed by atoms with Gasteiger partial charge in [-0.1, -0.05) is 35.1 Å². The lowest BCUT2D eigenvalue weighted by molar-refractivity contribution is 0.0702. The topological polar surface area (TPSA) is 54.6 Å². The number of halogens is 1. The molecular formula is C12H7ClN2O2S. The summed E-state index contributed by atoms with van der Waals surface area (Å²) >= 11 is 7.10. The number of carboxylic acids is 1. The molecule has 18 heavy (non-hydrogen) atoms. The standard InChI is InChI=1S/C12H7ClN2O2S/c13-8-3-1-2-7(6-8)9-10(11(16)17)18-12-14-4-5-15(9)12/h1-6H,(H,16,17). The molecule has 2 heterocycles. The number of rotatable bonds is 2. The van der Waals surface area contributed by atoms with E-state index < -0.39 is 5.97 Å². The van der Waals surface area contributed by atoms with Gasteiger partial charge < -0.3 is 5.11 Å². The first kappa shape index (κ1) is 11.3. The molecule has 0 fully saturated rings. The molecule has 0 unspecified atom stereocenters. The smallest absolute Gasteiger partial charge is 0.348 e. The van der Waals surface area contributed by atoms with Crippen molar-refractivity contribution in [1.82, 2.24) is 9.38 Å². The first-order chi connectivity index (χ1) is 8.66. The average molecular weight is 279 g/mol. The molecule has 90 valence electrons. The highest BCUT2D eigenvalue weighted by Gasteiger charge is 2.19. The fraction of sp³-hybridized carbons (Fsp3) is 0. The number of fused-ring (bicyclic) bond motifs is 1. The van der Waals surface area contributed by atoms with E-state index in [1.807, 2.05) is 6.07 Å². The van der Waals surface area contributed by atoms with Crippen LogP contribution in [0.2, 0.25) is 5.02 Å². The summed E-state index contributed by atoms with van der Waals surface area (Å²) in [6.07, 6.45) is 3.39. The fourth-order valence-electron chi connectivity index (χ4n) is 1.84. The lowest BCUT2D eigenvalue weighted by Gasteiger charge is -2.02. The minimum atomic E-state index is -0.958. The number of thiazole rings is 1. The predicted molar refractivity (Wildman–Crippen MR) is 70.5 cm³/mol. The van der Waals surface area contributed by atoms with Gasteiger partial charge in [0.1, 0.15) is 4.88 Å². The normalized spacial score (nSPS) is 10.9. The maximum absolute atomic E-state index is 11.3. The Bertz CT molecular complexity index is 747. The van der Waals surface area contributed by atoms with Gasteiger partial charge in [-0.3, -0.25) is 4.40 Å². The number of aromatic carboxylic acids is 1. The van der Waals surface area contributed by atoms with Crippen LogP contribution in [-0.4, -0.2) is 20.5 Å².